The van der Waals surface area contributed by atoms with Crippen LogP contribution >= 0.6 is 0 Å². The third kappa shape index (κ3) is 2.49. The average molecular weight is 289 g/mol. The number of nitrogens with zero attached hydrogens (tertiary/aromatic N) is 3. The fourth-order valence-corrected chi connectivity index (χ4v) is 4.24. The molecule has 0 aromatic carbocycles. The van der Waals surface area contributed by atoms with Gasteiger partial charge in [0.25, 0.3) is 5.91 Å². The minimum Gasteiger partial charge on any atom is -0.332 e. The van der Waals surface area contributed by atoms with Gasteiger partial charge in [-0.2, -0.15) is 5.10 Å². The van der Waals surface area contributed by atoms with Crippen LogP contribution in [0, 0.1) is 6.92 Å². The highest BCUT2D eigenvalue weighted by Gasteiger charge is 2.44. The van der Waals surface area contributed by atoms with Crippen LogP contribution in [0.5, 0.6) is 0 Å². The number of rotatable bonds is 2. The summed E-state index contributed by atoms with van der Waals surface area (Å²) in [5, 5.41) is 4.56. The second-order valence-corrected chi connectivity index (χ2v) is 7.05. The van der Waals surface area contributed by atoms with E-state index < -0.39 is 0 Å². The predicted molar refractivity (Wildman–Crippen MR) is 83.4 cm³/mol. The highest BCUT2D eigenvalue weighted by atomic mass is 16.2. The van der Waals surface area contributed by atoms with E-state index >= 15 is 0 Å². The first-order valence-electron chi connectivity index (χ1n) is 8.42. The van der Waals surface area contributed by atoms with Gasteiger partial charge in [0, 0.05) is 23.8 Å². The molecular weight excluding hydrogens is 262 g/mol. The number of hydrogen-bond acceptors (Lipinski definition) is 2. The second-order valence-electron chi connectivity index (χ2n) is 7.05. The van der Waals surface area contributed by atoms with Crippen molar-refractivity contribution in [1.29, 1.82) is 0 Å². The van der Waals surface area contributed by atoms with E-state index in [-0.39, 0.29) is 11.4 Å². The quantitative estimate of drug-likeness (QED) is 0.832. The monoisotopic (exact) mass is 289 g/mol. The molecule has 1 aliphatic heterocycles. The Kier molecular flexibility index (Phi) is 3.80. The Bertz CT molecular complexity index is 526. The molecule has 0 unspecified atom stereocenters. The second kappa shape index (κ2) is 5.47. The van der Waals surface area contributed by atoms with E-state index in [1.54, 1.807) is 0 Å². The largest absolute Gasteiger partial charge is 0.332 e. The maximum Gasteiger partial charge on any atom is 0.274 e. The van der Waals surface area contributed by atoms with Crippen LogP contribution in [0.4, 0.5) is 0 Å². The van der Waals surface area contributed by atoms with E-state index in [1.165, 1.54) is 38.5 Å². The molecule has 1 amide bonds. The van der Waals surface area contributed by atoms with Crippen molar-refractivity contribution in [3.63, 3.8) is 0 Å². The summed E-state index contributed by atoms with van der Waals surface area (Å²) in [6.45, 7) is 7.15. The summed E-state index contributed by atoms with van der Waals surface area (Å²) in [6, 6.07) is 2.26. The topological polar surface area (TPSA) is 38.1 Å². The summed E-state index contributed by atoms with van der Waals surface area (Å²) in [4.78, 5) is 15.1. The van der Waals surface area contributed by atoms with Crippen LogP contribution in [0.1, 0.15) is 81.0 Å². The molecule has 1 saturated heterocycles. The molecule has 2 fully saturated rings. The molecule has 0 atom stereocenters. The van der Waals surface area contributed by atoms with Gasteiger partial charge in [0.15, 0.2) is 5.69 Å². The first-order chi connectivity index (χ1) is 10.0. The van der Waals surface area contributed by atoms with Crippen LogP contribution in [0.25, 0.3) is 0 Å². The Morgan fingerprint density at radius 2 is 1.86 bits per heavy atom. The van der Waals surface area contributed by atoms with Gasteiger partial charge in [-0.15, -0.1) is 0 Å². The van der Waals surface area contributed by atoms with Crippen molar-refractivity contribution < 1.29 is 4.79 Å². The molecule has 0 radical (unpaired) electrons. The van der Waals surface area contributed by atoms with Gasteiger partial charge in [-0.25, -0.2) is 0 Å². The van der Waals surface area contributed by atoms with Crippen LogP contribution in [0.2, 0.25) is 0 Å². The van der Waals surface area contributed by atoms with Crippen molar-refractivity contribution in [2.24, 2.45) is 0 Å². The molecule has 4 nitrogen and oxygen atoms in total. The summed E-state index contributed by atoms with van der Waals surface area (Å²) in [5.74, 6) is 0.150. The fourth-order valence-electron chi connectivity index (χ4n) is 4.24. The van der Waals surface area contributed by atoms with Crippen molar-refractivity contribution in [2.45, 2.75) is 77.3 Å². The molecule has 1 aliphatic carbocycles. The minimum absolute atomic E-state index is 0.144. The Hall–Kier alpha value is -1.32. The molecule has 0 bridgehead atoms. The summed E-state index contributed by atoms with van der Waals surface area (Å²) in [5.41, 5.74) is 1.85. The summed E-state index contributed by atoms with van der Waals surface area (Å²) in [6.07, 6.45) is 8.56. The lowest BCUT2D eigenvalue weighted by Crippen LogP contribution is -2.48. The highest BCUT2D eigenvalue weighted by molar-refractivity contribution is 5.93. The van der Waals surface area contributed by atoms with Crippen molar-refractivity contribution in [3.8, 4) is 0 Å². The summed E-state index contributed by atoms with van der Waals surface area (Å²) >= 11 is 0. The van der Waals surface area contributed by atoms with Crippen molar-refractivity contribution in [2.75, 3.05) is 6.54 Å². The summed E-state index contributed by atoms with van der Waals surface area (Å²) in [7, 11) is 0. The number of aryl methyl sites for hydroxylation is 1. The number of carbonyl (C=O) groups is 1. The molecule has 4 heteroatoms. The van der Waals surface area contributed by atoms with Crippen LogP contribution in [0.3, 0.4) is 0 Å². The predicted octanol–water partition coefficient (Wildman–Crippen LogP) is 3.71. The number of amides is 1. The standard InChI is InChI=1S/C17H27N3O/c1-13(2)20-14(3)12-15(18-20)16(21)19-11-7-10-17(19)8-5-4-6-9-17/h12-13H,4-11H2,1-3H3. The zero-order valence-corrected chi connectivity index (χ0v) is 13.6. The first kappa shape index (κ1) is 14.6. The molecule has 0 N–H and O–H groups in total. The highest BCUT2D eigenvalue weighted by Crippen LogP contribution is 2.42. The lowest BCUT2D eigenvalue weighted by molar-refractivity contribution is 0.0493. The molecule has 116 valence electrons. The minimum atomic E-state index is 0.144. The zero-order valence-electron chi connectivity index (χ0n) is 13.6. The first-order valence-corrected chi connectivity index (χ1v) is 8.42. The van der Waals surface area contributed by atoms with Crippen molar-refractivity contribution in [3.05, 3.63) is 17.5 Å². The SMILES string of the molecule is Cc1cc(C(=O)N2CCCC23CCCCC3)nn1C(C)C. The van der Waals surface area contributed by atoms with Gasteiger partial charge in [0.2, 0.25) is 0 Å². The van der Waals surface area contributed by atoms with Gasteiger partial charge in [0.05, 0.1) is 0 Å². The van der Waals surface area contributed by atoms with E-state index in [2.05, 4.69) is 23.8 Å². The maximum atomic E-state index is 13.0. The van der Waals surface area contributed by atoms with E-state index in [1.807, 2.05) is 17.7 Å². The molecule has 1 aromatic heterocycles. The van der Waals surface area contributed by atoms with Gasteiger partial charge in [-0.1, -0.05) is 19.3 Å². The number of likely N-dealkylation sites (tertiary alicyclic amines) is 1. The van der Waals surface area contributed by atoms with Crippen molar-refractivity contribution in [1.82, 2.24) is 14.7 Å². The third-order valence-electron chi connectivity index (χ3n) is 5.26. The number of hydrogen-bond donors (Lipinski definition) is 0. The third-order valence-corrected chi connectivity index (χ3v) is 5.26. The summed E-state index contributed by atoms with van der Waals surface area (Å²) < 4.78 is 1.96. The smallest absolute Gasteiger partial charge is 0.274 e. The van der Waals surface area contributed by atoms with Crippen molar-refractivity contribution >= 4 is 5.91 Å². The molecule has 3 rings (SSSR count). The normalized spacial score (nSPS) is 21.4. The number of aromatic nitrogens is 2. The van der Waals surface area contributed by atoms with E-state index in [0.717, 1.165) is 18.7 Å². The fraction of sp³-hybridized carbons (Fsp3) is 0.765. The average Bonchev–Trinajstić information content (AvgIpc) is 3.03. The van der Waals surface area contributed by atoms with Gasteiger partial charge >= 0.3 is 0 Å². The molecule has 2 aliphatic rings. The van der Waals surface area contributed by atoms with Gasteiger partial charge in [0.1, 0.15) is 0 Å². The molecule has 1 saturated carbocycles. The maximum absolute atomic E-state index is 13.0. The molecule has 2 heterocycles. The molecule has 1 aromatic rings. The molecular formula is C17H27N3O. The van der Waals surface area contributed by atoms with Gasteiger partial charge < -0.3 is 4.90 Å². The lowest BCUT2D eigenvalue weighted by atomic mass is 9.79. The van der Waals surface area contributed by atoms with E-state index in [4.69, 9.17) is 0 Å². The van der Waals surface area contributed by atoms with E-state index in [9.17, 15) is 4.79 Å². The molecule has 1 spiro atoms. The zero-order chi connectivity index (χ0) is 15.0. The van der Waals surface area contributed by atoms with Crippen LogP contribution < -0.4 is 0 Å². The Labute approximate surface area is 127 Å². The van der Waals surface area contributed by atoms with Gasteiger partial charge in [-0.3, -0.25) is 9.48 Å². The van der Waals surface area contributed by atoms with Gasteiger partial charge in [-0.05, 0) is 52.5 Å². The van der Waals surface area contributed by atoms with E-state index in [0.29, 0.717) is 11.7 Å². The lowest BCUT2D eigenvalue weighted by Gasteiger charge is -2.41. The Balaban J connectivity index is 1.85. The Morgan fingerprint density at radius 3 is 2.48 bits per heavy atom. The Morgan fingerprint density at radius 1 is 1.19 bits per heavy atom. The van der Waals surface area contributed by atoms with Crippen LogP contribution in [-0.4, -0.2) is 32.7 Å². The van der Waals surface area contributed by atoms with Crippen LogP contribution in [-0.2, 0) is 0 Å². The number of carbonyl (C=O) groups excluding carboxylic acids is 1. The van der Waals surface area contributed by atoms with Crippen LogP contribution in [0.15, 0.2) is 6.07 Å². The molecule has 21 heavy (non-hydrogen) atoms.